The SMILES string of the molecule is COc1c(N)c(O)c(OC)c2occc12. The third-order valence-corrected chi connectivity index (χ3v) is 2.24. The lowest BCUT2D eigenvalue weighted by Crippen LogP contribution is -1.96. The molecule has 0 unspecified atom stereocenters. The first-order valence-electron chi connectivity index (χ1n) is 4.30. The fraction of sp³-hybridized carbons (Fsp3) is 0.200. The number of rotatable bonds is 2. The van der Waals surface area contributed by atoms with Gasteiger partial charge >= 0.3 is 0 Å². The minimum atomic E-state index is -0.170. The average Bonchev–Trinajstić information content (AvgIpc) is 2.69. The summed E-state index contributed by atoms with van der Waals surface area (Å²) in [6.07, 6.45) is 1.48. The number of phenols is 1. The summed E-state index contributed by atoms with van der Waals surface area (Å²) < 4.78 is 15.3. The largest absolute Gasteiger partial charge is 0.503 e. The first-order chi connectivity index (χ1) is 7.20. The number of nitrogens with two attached hydrogens (primary N) is 1. The van der Waals surface area contributed by atoms with Gasteiger partial charge < -0.3 is 24.7 Å². The topological polar surface area (TPSA) is 77.9 Å². The predicted molar refractivity (Wildman–Crippen MR) is 55.4 cm³/mol. The van der Waals surface area contributed by atoms with E-state index >= 15 is 0 Å². The molecule has 0 aliphatic heterocycles. The Labute approximate surface area is 86.0 Å². The molecule has 0 amide bonds. The van der Waals surface area contributed by atoms with Gasteiger partial charge in [-0.15, -0.1) is 0 Å². The van der Waals surface area contributed by atoms with Crippen molar-refractivity contribution in [3.05, 3.63) is 12.3 Å². The Morgan fingerprint density at radius 1 is 1.27 bits per heavy atom. The van der Waals surface area contributed by atoms with Crippen molar-refractivity contribution >= 4 is 16.7 Å². The zero-order valence-electron chi connectivity index (χ0n) is 8.40. The quantitative estimate of drug-likeness (QED) is 0.581. The number of fused-ring (bicyclic) bond motifs is 1. The molecular formula is C10H11NO4. The number of benzene rings is 1. The lowest BCUT2D eigenvalue weighted by Gasteiger charge is -2.11. The van der Waals surface area contributed by atoms with Gasteiger partial charge in [0, 0.05) is 0 Å². The van der Waals surface area contributed by atoms with Crippen LogP contribution in [0.4, 0.5) is 5.69 Å². The molecule has 0 saturated heterocycles. The molecule has 0 bridgehead atoms. The second kappa shape index (κ2) is 3.27. The number of phenolic OH excluding ortho intramolecular Hbond substituents is 1. The zero-order chi connectivity index (χ0) is 11.0. The summed E-state index contributed by atoms with van der Waals surface area (Å²) in [5.74, 6) is 0.433. The Balaban J connectivity index is 2.91. The number of anilines is 1. The van der Waals surface area contributed by atoms with E-state index in [9.17, 15) is 5.11 Å². The number of furan rings is 1. The van der Waals surface area contributed by atoms with Crippen molar-refractivity contribution in [3.8, 4) is 17.2 Å². The second-order valence-electron chi connectivity index (χ2n) is 2.99. The summed E-state index contributed by atoms with van der Waals surface area (Å²) in [5.41, 5.74) is 6.26. The van der Waals surface area contributed by atoms with Gasteiger partial charge in [-0.3, -0.25) is 0 Å². The fourth-order valence-corrected chi connectivity index (χ4v) is 1.56. The van der Waals surface area contributed by atoms with Crippen LogP contribution < -0.4 is 15.2 Å². The average molecular weight is 209 g/mol. The van der Waals surface area contributed by atoms with E-state index in [1.165, 1.54) is 20.5 Å². The molecule has 80 valence electrons. The third kappa shape index (κ3) is 1.16. The molecule has 1 aromatic carbocycles. The van der Waals surface area contributed by atoms with Crippen LogP contribution in [0.3, 0.4) is 0 Å². The molecule has 0 fully saturated rings. The first kappa shape index (κ1) is 9.51. The lowest BCUT2D eigenvalue weighted by atomic mass is 10.2. The van der Waals surface area contributed by atoms with Crippen LogP contribution in [-0.2, 0) is 0 Å². The van der Waals surface area contributed by atoms with Gasteiger partial charge in [-0.25, -0.2) is 0 Å². The van der Waals surface area contributed by atoms with Gasteiger partial charge in [-0.05, 0) is 6.07 Å². The Bertz CT molecular complexity index is 460. The highest BCUT2D eigenvalue weighted by molar-refractivity contribution is 5.97. The molecule has 0 aliphatic rings. The van der Waals surface area contributed by atoms with Gasteiger partial charge in [-0.2, -0.15) is 0 Å². The van der Waals surface area contributed by atoms with Gasteiger partial charge in [0.15, 0.2) is 17.1 Å². The van der Waals surface area contributed by atoms with E-state index in [1.54, 1.807) is 6.07 Å². The van der Waals surface area contributed by atoms with Crippen molar-refractivity contribution in [2.75, 3.05) is 20.0 Å². The van der Waals surface area contributed by atoms with Crippen LogP contribution in [0.5, 0.6) is 17.2 Å². The Hall–Kier alpha value is -2.04. The minimum Gasteiger partial charge on any atom is -0.503 e. The summed E-state index contributed by atoms with van der Waals surface area (Å²) >= 11 is 0. The molecule has 0 atom stereocenters. The lowest BCUT2D eigenvalue weighted by molar-refractivity contribution is 0.367. The maximum absolute atomic E-state index is 9.74. The summed E-state index contributed by atoms with van der Waals surface area (Å²) in [6.45, 7) is 0. The maximum Gasteiger partial charge on any atom is 0.206 e. The van der Waals surface area contributed by atoms with E-state index in [0.29, 0.717) is 16.7 Å². The molecule has 1 heterocycles. The Morgan fingerprint density at radius 2 is 1.93 bits per heavy atom. The van der Waals surface area contributed by atoms with Crippen molar-refractivity contribution in [1.29, 1.82) is 0 Å². The smallest absolute Gasteiger partial charge is 0.206 e. The summed E-state index contributed by atoms with van der Waals surface area (Å²) in [7, 11) is 2.91. The standard InChI is InChI=1S/C10H11NO4/c1-13-8-5-3-4-15-9(5)10(14-2)7(12)6(8)11/h3-4,12H,11H2,1-2H3. The zero-order valence-corrected chi connectivity index (χ0v) is 8.40. The second-order valence-corrected chi connectivity index (χ2v) is 2.99. The maximum atomic E-state index is 9.74. The van der Waals surface area contributed by atoms with Crippen LogP contribution in [0.1, 0.15) is 0 Å². The molecule has 15 heavy (non-hydrogen) atoms. The number of nitrogen functional groups attached to an aromatic ring is 1. The highest BCUT2D eigenvalue weighted by Gasteiger charge is 2.20. The number of hydrogen-bond acceptors (Lipinski definition) is 5. The van der Waals surface area contributed by atoms with E-state index in [4.69, 9.17) is 19.6 Å². The van der Waals surface area contributed by atoms with Crippen molar-refractivity contribution in [2.24, 2.45) is 0 Å². The monoisotopic (exact) mass is 209 g/mol. The van der Waals surface area contributed by atoms with E-state index in [1.807, 2.05) is 0 Å². The molecule has 0 spiro atoms. The summed E-state index contributed by atoms with van der Waals surface area (Å²) in [6, 6.07) is 1.70. The van der Waals surface area contributed by atoms with Crippen molar-refractivity contribution in [3.63, 3.8) is 0 Å². The molecule has 3 N–H and O–H groups in total. The Kier molecular flexibility index (Phi) is 2.07. The van der Waals surface area contributed by atoms with Gasteiger partial charge in [0.25, 0.3) is 0 Å². The van der Waals surface area contributed by atoms with Gasteiger partial charge in [0.1, 0.15) is 5.69 Å². The highest BCUT2D eigenvalue weighted by atomic mass is 16.5. The number of aromatic hydroxyl groups is 1. The van der Waals surface area contributed by atoms with Crippen LogP contribution in [0, 0.1) is 0 Å². The molecule has 0 aliphatic carbocycles. The third-order valence-electron chi connectivity index (χ3n) is 2.24. The number of ether oxygens (including phenoxy) is 2. The van der Waals surface area contributed by atoms with Crippen molar-refractivity contribution in [2.45, 2.75) is 0 Å². The molecule has 5 heteroatoms. The van der Waals surface area contributed by atoms with E-state index in [2.05, 4.69) is 0 Å². The molecule has 2 aromatic rings. The van der Waals surface area contributed by atoms with Crippen molar-refractivity contribution < 1.29 is 19.0 Å². The van der Waals surface area contributed by atoms with E-state index < -0.39 is 0 Å². The first-order valence-corrected chi connectivity index (χ1v) is 4.30. The molecule has 0 radical (unpaired) electrons. The molecule has 1 aromatic heterocycles. The molecule has 2 rings (SSSR count). The van der Waals surface area contributed by atoms with Crippen LogP contribution in [0.15, 0.2) is 16.7 Å². The predicted octanol–water partition coefficient (Wildman–Crippen LogP) is 1.74. The van der Waals surface area contributed by atoms with Gasteiger partial charge in [0.2, 0.25) is 5.75 Å². The summed E-state index contributed by atoms with van der Waals surface area (Å²) in [4.78, 5) is 0. The van der Waals surface area contributed by atoms with Crippen LogP contribution in [0.2, 0.25) is 0 Å². The summed E-state index contributed by atoms with van der Waals surface area (Å²) in [5, 5.41) is 10.4. The van der Waals surface area contributed by atoms with Crippen LogP contribution >= 0.6 is 0 Å². The molecular weight excluding hydrogens is 198 g/mol. The van der Waals surface area contributed by atoms with Crippen LogP contribution in [0.25, 0.3) is 11.0 Å². The molecule has 5 nitrogen and oxygen atoms in total. The Morgan fingerprint density at radius 3 is 2.53 bits per heavy atom. The number of hydrogen-bond donors (Lipinski definition) is 2. The molecule has 0 saturated carbocycles. The van der Waals surface area contributed by atoms with E-state index in [-0.39, 0.29) is 17.2 Å². The van der Waals surface area contributed by atoms with E-state index in [0.717, 1.165) is 0 Å². The number of methoxy groups -OCH3 is 2. The van der Waals surface area contributed by atoms with Gasteiger partial charge in [0.05, 0.1) is 25.9 Å². The highest BCUT2D eigenvalue weighted by Crippen LogP contribution is 2.47. The van der Waals surface area contributed by atoms with Gasteiger partial charge in [-0.1, -0.05) is 0 Å². The fourth-order valence-electron chi connectivity index (χ4n) is 1.56. The van der Waals surface area contributed by atoms with Crippen molar-refractivity contribution in [1.82, 2.24) is 0 Å². The minimum absolute atomic E-state index is 0.142. The van der Waals surface area contributed by atoms with Crippen LogP contribution in [-0.4, -0.2) is 19.3 Å². The normalized spacial score (nSPS) is 10.5.